The van der Waals surface area contributed by atoms with E-state index in [1.165, 1.54) is 24.5 Å². The van der Waals surface area contributed by atoms with Crippen LogP contribution in [-0.4, -0.2) is 26.8 Å². The Bertz CT molecular complexity index is 1190. The van der Waals surface area contributed by atoms with Gasteiger partial charge in [0.25, 0.3) is 5.91 Å². The first-order valence-electron chi connectivity index (χ1n) is 8.91. The predicted molar refractivity (Wildman–Crippen MR) is 113 cm³/mol. The molecule has 0 bridgehead atoms. The molecule has 0 saturated carbocycles. The van der Waals surface area contributed by atoms with Crippen molar-refractivity contribution in [2.75, 3.05) is 5.32 Å². The number of aromatic nitrogens is 3. The van der Waals surface area contributed by atoms with Crippen molar-refractivity contribution in [3.63, 3.8) is 0 Å². The van der Waals surface area contributed by atoms with Gasteiger partial charge in [-0.15, -0.1) is 11.3 Å². The van der Waals surface area contributed by atoms with Gasteiger partial charge >= 0.3 is 0 Å². The lowest BCUT2D eigenvalue weighted by molar-refractivity contribution is -0.119. The van der Waals surface area contributed by atoms with Crippen LogP contribution >= 0.6 is 11.3 Å². The first-order chi connectivity index (χ1) is 14.1. The molecule has 7 nitrogen and oxygen atoms in total. The summed E-state index contributed by atoms with van der Waals surface area (Å²) >= 11 is 1.34. The van der Waals surface area contributed by atoms with E-state index >= 15 is 0 Å². The van der Waals surface area contributed by atoms with Gasteiger partial charge in [0.15, 0.2) is 5.13 Å². The molecule has 2 amide bonds. The van der Waals surface area contributed by atoms with E-state index in [0.717, 1.165) is 22.3 Å². The Balaban J connectivity index is 1.45. The average Bonchev–Trinajstić information content (AvgIpc) is 3.20. The van der Waals surface area contributed by atoms with E-state index in [0.29, 0.717) is 17.2 Å². The van der Waals surface area contributed by atoms with Gasteiger partial charge in [0.2, 0.25) is 5.91 Å². The minimum absolute atomic E-state index is 0.0648. The summed E-state index contributed by atoms with van der Waals surface area (Å²) in [5, 5.41) is 7.91. The van der Waals surface area contributed by atoms with Crippen molar-refractivity contribution >= 4 is 39.3 Å². The molecule has 2 N–H and O–H groups in total. The van der Waals surface area contributed by atoms with Crippen LogP contribution in [0.3, 0.4) is 0 Å². The summed E-state index contributed by atoms with van der Waals surface area (Å²) in [6.07, 6.45) is 1.46. The highest BCUT2D eigenvalue weighted by atomic mass is 32.1. The average molecular weight is 403 g/mol. The molecule has 0 atom stereocenters. The monoisotopic (exact) mass is 403 g/mol. The SMILES string of the molecule is CC(=O)NCc1ccc(-c2csc(NC(=O)c3cnc4ccccc4n3)n2)cc1. The molecule has 0 radical (unpaired) electrons. The van der Waals surface area contributed by atoms with E-state index in [9.17, 15) is 9.59 Å². The van der Waals surface area contributed by atoms with Crippen molar-refractivity contribution in [3.05, 3.63) is 71.4 Å². The Labute approximate surface area is 170 Å². The zero-order valence-corrected chi connectivity index (χ0v) is 16.4. The van der Waals surface area contributed by atoms with Crippen LogP contribution in [0, 0.1) is 0 Å². The Morgan fingerprint density at radius 1 is 1.00 bits per heavy atom. The van der Waals surface area contributed by atoms with Crippen LogP contribution in [0.4, 0.5) is 5.13 Å². The quantitative estimate of drug-likeness (QED) is 0.530. The Hall–Kier alpha value is -3.65. The van der Waals surface area contributed by atoms with E-state index in [2.05, 4.69) is 25.6 Å². The molecule has 29 heavy (non-hydrogen) atoms. The second kappa shape index (κ2) is 8.15. The third-order valence-electron chi connectivity index (χ3n) is 4.20. The van der Waals surface area contributed by atoms with Crippen LogP contribution in [-0.2, 0) is 11.3 Å². The zero-order chi connectivity index (χ0) is 20.2. The molecule has 4 rings (SSSR count). The van der Waals surface area contributed by atoms with E-state index < -0.39 is 0 Å². The van der Waals surface area contributed by atoms with Crippen LogP contribution < -0.4 is 10.6 Å². The Morgan fingerprint density at radius 2 is 1.76 bits per heavy atom. The fourth-order valence-electron chi connectivity index (χ4n) is 2.71. The van der Waals surface area contributed by atoms with Gasteiger partial charge in [-0.1, -0.05) is 36.4 Å². The number of benzene rings is 2. The Morgan fingerprint density at radius 3 is 2.52 bits per heavy atom. The summed E-state index contributed by atoms with van der Waals surface area (Å²) in [6, 6.07) is 15.1. The molecule has 2 heterocycles. The molecule has 0 unspecified atom stereocenters. The molecule has 0 aliphatic carbocycles. The second-order valence-corrected chi connectivity index (χ2v) is 7.20. The fraction of sp³-hybridized carbons (Fsp3) is 0.0952. The number of rotatable bonds is 5. The normalized spacial score (nSPS) is 10.7. The van der Waals surface area contributed by atoms with Crippen molar-refractivity contribution in [1.82, 2.24) is 20.3 Å². The maximum Gasteiger partial charge on any atom is 0.277 e. The highest BCUT2D eigenvalue weighted by molar-refractivity contribution is 7.14. The van der Waals surface area contributed by atoms with Gasteiger partial charge in [-0.25, -0.2) is 9.97 Å². The number of para-hydroxylation sites is 2. The number of carbonyl (C=O) groups excluding carboxylic acids is 2. The third-order valence-corrected chi connectivity index (χ3v) is 4.95. The van der Waals surface area contributed by atoms with Gasteiger partial charge in [-0.05, 0) is 17.7 Å². The summed E-state index contributed by atoms with van der Waals surface area (Å²) in [5.41, 5.74) is 4.34. The summed E-state index contributed by atoms with van der Waals surface area (Å²) in [6.45, 7) is 1.98. The number of thiazole rings is 1. The van der Waals surface area contributed by atoms with Crippen molar-refractivity contribution < 1.29 is 9.59 Å². The first kappa shape index (κ1) is 18.7. The Kier molecular flexibility index (Phi) is 5.26. The number of nitrogens with zero attached hydrogens (tertiary/aromatic N) is 3. The lowest BCUT2D eigenvalue weighted by Crippen LogP contribution is -2.18. The van der Waals surface area contributed by atoms with Gasteiger partial charge in [0.1, 0.15) is 5.69 Å². The molecular formula is C21H17N5O2S. The van der Waals surface area contributed by atoms with E-state index in [4.69, 9.17) is 0 Å². The van der Waals surface area contributed by atoms with Crippen LogP contribution in [0.1, 0.15) is 23.0 Å². The molecular weight excluding hydrogens is 386 g/mol. The maximum absolute atomic E-state index is 12.5. The number of anilines is 1. The highest BCUT2D eigenvalue weighted by Gasteiger charge is 2.12. The number of hydrogen-bond donors (Lipinski definition) is 2. The van der Waals surface area contributed by atoms with Gasteiger partial charge < -0.3 is 5.32 Å². The fourth-order valence-corrected chi connectivity index (χ4v) is 3.43. The van der Waals surface area contributed by atoms with Crippen molar-refractivity contribution in [2.45, 2.75) is 13.5 Å². The summed E-state index contributed by atoms with van der Waals surface area (Å²) < 4.78 is 0. The van der Waals surface area contributed by atoms with E-state index in [-0.39, 0.29) is 17.5 Å². The molecule has 8 heteroatoms. The highest BCUT2D eigenvalue weighted by Crippen LogP contribution is 2.25. The van der Waals surface area contributed by atoms with Gasteiger partial charge in [-0.3, -0.25) is 19.9 Å². The van der Waals surface area contributed by atoms with Crippen molar-refractivity contribution in [2.24, 2.45) is 0 Å². The van der Waals surface area contributed by atoms with Crippen LogP contribution in [0.2, 0.25) is 0 Å². The van der Waals surface area contributed by atoms with E-state index in [1.54, 1.807) is 0 Å². The molecule has 144 valence electrons. The van der Waals surface area contributed by atoms with Crippen LogP contribution in [0.25, 0.3) is 22.3 Å². The summed E-state index contributed by atoms with van der Waals surface area (Å²) in [7, 11) is 0. The molecule has 0 spiro atoms. The molecule has 2 aromatic heterocycles. The summed E-state index contributed by atoms with van der Waals surface area (Å²) in [5.74, 6) is -0.417. The molecule has 2 aromatic carbocycles. The topological polar surface area (TPSA) is 96.9 Å². The zero-order valence-electron chi connectivity index (χ0n) is 15.5. The lowest BCUT2D eigenvalue weighted by atomic mass is 10.1. The maximum atomic E-state index is 12.5. The van der Waals surface area contributed by atoms with Crippen LogP contribution in [0.15, 0.2) is 60.1 Å². The van der Waals surface area contributed by atoms with Gasteiger partial charge in [0.05, 0.1) is 22.9 Å². The molecule has 0 saturated heterocycles. The van der Waals surface area contributed by atoms with E-state index in [1.807, 2.05) is 53.9 Å². The number of amides is 2. The molecule has 0 aliphatic rings. The number of carbonyl (C=O) groups is 2. The largest absolute Gasteiger partial charge is 0.352 e. The van der Waals surface area contributed by atoms with Crippen LogP contribution in [0.5, 0.6) is 0 Å². The van der Waals surface area contributed by atoms with Gasteiger partial charge in [-0.2, -0.15) is 0 Å². The molecule has 4 aromatic rings. The molecule has 0 aliphatic heterocycles. The minimum Gasteiger partial charge on any atom is -0.352 e. The molecule has 0 fully saturated rings. The number of hydrogen-bond acceptors (Lipinski definition) is 6. The number of nitrogens with one attached hydrogen (secondary N) is 2. The predicted octanol–water partition coefficient (Wildman–Crippen LogP) is 3.64. The first-order valence-corrected chi connectivity index (χ1v) is 9.79. The van der Waals surface area contributed by atoms with Crippen molar-refractivity contribution in [1.29, 1.82) is 0 Å². The van der Waals surface area contributed by atoms with Gasteiger partial charge in [0, 0.05) is 24.4 Å². The lowest BCUT2D eigenvalue weighted by Gasteiger charge is -2.04. The standard InChI is InChI=1S/C21H17N5O2S/c1-13(27)22-10-14-6-8-15(9-7-14)19-12-29-21(25-19)26-20(28)18-11-23-16-4-2-3-5-17(16)24-18/h2-9,11-12H,10H2,1H3,(H,22,27)(H,25,26,28). The number of fused-ring (bicyclic) bond motifs is 1. The van der Waals surface area contributed by atoms with Crippen molar-refractivity contribution in [3.8, 4) is 11.3 Å². The third kappa shape index (κ3) is 4.44. The smallest absolute Gasteiger partial charge is 0.277 e. The summed E-state index contributed by atoms with van der Waals surface area (Å²) in [4.78, 5) is 36.6. The minimum atomic E-state index is -0.352. The second-order valence-electron chi connectivity index (χ2n) is 6.34.